The van der Waals surface area contributed by atoms with Gasteiger partial charge in [-0.2, -0.15) is 0 Å². The highest BCUT2D eigenvalue weighted by Crippen LogP contribution is 2.65. The van der Waals surface area contributed by atoms with Gasteiger partial charge in [-0.05, 0) is 116 Å². The molecule has 4 fully saturated rings. The van der Waals surface area contributed by atoms with Crippen molar-refractivity contribution in [2.24, 2.45) is 28.6 Å². The van der Waals surface area contributed by atoms with Crippen LogP contribution in [0.1, 0.15) is 83.6 Å². The maximum atomic E-state index is 13.7. The molecule has 38 heavy (non-hydrogen) atoms. The van der Waals surface area contributed by atoms with Crippen molar-refractivity contribution in [1.29, 1.82) is 0 Å². The Morgan fingerprint density at radius 1 is 0.974 bits per heavy atom. The summed E-state index contributed by atoms with van der Waals surface area (Å²) >= 11 is 0. The molecule has 0 spiro atoms. The Labute approximate surface area is 226 Å². The predicted octanol–water partition coefficient (Wildman–Crippen LogP) is 6.17. The number of amides is 1. The normalized spacial score (nSPS) is 35.8. The van der Waals surface area contributed by atoms with Crippen molar-refractivity contribution < 1.29 is 19.1 Å². The van der Waals surface area contributed by atoms with E-state index in [1.165, 1.54) is 12.0 Å². The minimum atomic E-state index is -0.271. The molecule has 1 amide bonds. The number of ether oxygens (including phenoxy) is 1. The van der Waals surface area contributed by atoms with E-state index >= 15 is 0 Å². The Balaban J connectivity index is 1.14. The van der Waals surface area contributed by atoms with Crippen LogP contribution in [-0.4, -0.2) is 42.1 Å². The fourth-order valence-electron chi connectivity index (χ4n) is 8.60. The zero-order chi connectivity index (χ0) is 26.5. The standard InChI is InChI=1S/C33H41NO4/c1-32-14-12-25(35)20-24(32)8-11-27-28(32)13-15-33(2)29(27)19-23(31(33)37)18-22-6-9-26(10-7-22)38-21-30(36)34-16-4-3-5-17-34/h6-7,9-10,18,20,27-29H,3-5,8,11-17,19,21H2,1-2H3/b23-18+/t27-,28+,29+,32+,33+/m1/s1. The molecule has 1 saturated heterocycles. The third-order valence-electron chi connectivity index (χ3n) is 10.9. The van der Waals surface area contributed by atoms with Crippen LogP contribution in [0.5, 0.6) is 5.75 Å². The summed E-state index contributed by atoms with van der Waals surface area (Å²) in [5.41, 5.74) is 3.19. The molecule has 5 aliphatic rings. The molecule has 1 aromatic rings. The quantitative estimate of drug-likeness (QED) is 0.450. The van der Waals surface area contributed by atoms with Gasteiger partial charge in [-0.25, -0.2) is 0 Å². The summed E-state index contributed by atoms with van der Waals surface area (Å²) in [5.74, 6) is 2.88. The van der Waals surface area contributed by atoms with E-state index in [0.29, 0.717) is 41.5 Å². The second-order valence-electron chi connectivity index (χ2n) is 12.9. The van der Waals surface area contributed by atoms with Gasteiger partial charge in [0, 0.05) is 24.9 Å². The molecule has 0 unspecified atom stereocenters. The number of likely N-dealkylation sites (tertiary alicyclic amines) is 1. The van der Waals surface area contributed by atoms with E-state index in [1.807, 2.05) is 35.2 Å². The number of ketones is 2. The van der Waals surface area contributed by atoms with Gasteiger partial charge in [0.2, 0.25) is 0 Å². The smallest absolute Gasteiger partial charge is 0.260 e. The maximum absolute atomic E-state index is 13.7. The van der Waals surface area contributed by atoms with E-state index in [1.54, 1.807) is 0 Å². The number of allylic oxidation sites excluding steroid dienone is 2. The first-order valence-electron chi connectivity index (χ1n) is 14.8. The Morgan fingerprint density at radius 3 is 2.50 bits per heavy atom. The van der Waals surface area contributed by atoms with Crippen LogP contribution >= 0.6 is 0 Å². The summed E-state index contributed by atoms with van der Waals surface area (Å²) in [5, 5.41) is 0. The fraction of sp³-hybridized carbons (Fsp3) is 0.606. The van der Waals surface area contributed by atoms with Gasteiger partial charge in [0.1, 0.15) is 5.75 Å². The van der Waals surface area contributed by atoms with Crippen molar-refractivity contribution in [3.05, 3.63) is 47.1 Å². The monoisotopic (exact) mass is 515 g/mol. The molecular formula is C33H41NO4. The van der Waals surface area contributed by atoms with Crippen LogP contribution in [0, 0.1) is 28.6 Å². The number of rotatable bonds is 4. The van der Waals surface area contributed by atoms with Crippen LogP contribution in [0.3, 0.4) is 0 Å². The minimum absolute atomic E-state index is 0.0561. The average molecular weight is 516 g/mol. The number of fused-ring (bicyclic) bond motifs is 5. The number of hydrogen-bond donors (Lipinski definition) is 0. The lowest BCUT2D eigenvalue weighted by atomic mass is 9.47. The first-order valence-corrected chi connectivity index (χ1v) is 14.8. The predicted molar refractivity (Wildman–Crippen MR) is 147 cm³/mol. The molecule has 0 aromatic heterocycles. The summed E-state index contributed by atoms with van der Waals surface area (Å²) in [6, 6.07) is 7.79. The topological polar surface area (TPSA) is 63.7 Å². The van der Waals surface area contributed by atoms with E-state index in [4.69, 9.17) is 4.74 Å². The lowest BCUT2D eigenvalue weighted by molar-refractivity contribution is -0.134. The summed E-state index contributed by atoms with van der Waals surface area (Å²) in [4.78, 5) is 40.2. The van der Waals surface area contributed by atoms with Gasteiger partial charge in [-0.3, -0.25) is 14.4 Å². The second kappa shape index (κ2) is 9.81. The summed E-state index contributed by atoms with van der Waals surface area (Å²) < 4.78 is 5.77. The molecule has 5 heteroatoms. The molecular weight excluding hydrogens is 474 g/mol. The van der Waals surface area contributed by atoms with Gasteiger partial charge < -0.3 is 9.64 Å². The van der Waals surface area contributed by atoms with Crippen molar-refractivity contribution in [1.82, 2.24) is 4.90 Å². The molecule has 1 heterocycles. The van der Waals surface area contributed by atoms with E-state index in [9.17, 15) is 14.4 Å². The highest BCUT2D eigenvalue weighted by Gasteiger charge is 2.60. The molecule has 202 valence electrons. The number of benzene rings is 1. The van der Waals surface area contributed by atoms with E-state index in [2.05, 4.69) is 19.9 Å². The Morgan fingerprint density at radius 2 is 1.74 bits per heavy atom. The maximum Gasteiger partial charge on any atom is 0.260 e. The fourth-order valence-corrected chi connectivity index (χ4v) is 8.60. The molecule has 1 aliphatic heterocycles. The van der Waals surface area contributed by atoms with Crippen molar-refractivity contribution in [3.8, 4) is 5.75 Å². The molecule has 6 rings (SSSR count). The van der Waals surface area contributed by atoms with Gasteiger partial charge in [0.15, 0.2) is 18.2 Å². The van der Waals surface area contributed by atoms with E-state index in [-0.39, 0.29) is 23.3 Å². The molecule has 3 saturated carbocycles. The van der Waals surface area contributed by atoms with Crippen LogP contribution < -0.4 is 4.74 Å². The highest BCUT2D eigenvalue weighted by molar-refractivity contribution is 6.06. The van der Waals surface area contributed by atoms with Gasteiger partial charge in [-0.15, -0.1) is 0 Å². The SMILES string of the molecule is C[C@]12CCC(=O)C=C1CC[C@@H]1[C@@H]2CC[C@]2(C)C(=O)/C(=C/c3ccc(OCC(=O)N4CCCCC4)cc3)C[C@@H]12. The second-order valence-corrected chi connectivity index (χ2v) is 12.9. The van der Waals surface area contributed by atoms with Crippen LogP contribution in [0.25, 0.3) is 6.08 Å². The van der Waals surface area contributed by atoms with Gasteiger partial charge in [0.05, 0.1) is 0 Å². The third kappa shape index (κ3) is 4.36. The summed E-state index contributed by atoms with van der Waals surface area (Å²) in [6.45, 7) is 6.35. The van der Waals surface area contributed by atoms with Crippen LogP contribution in [0.2, 0.25) is 0 Å². The largest absolute Gasteiger partial charge is 0.484 e. The zero-order valence-electron chi connectivity index (χ0n) is 23.0. The molecule has 0 N–H and O–H groups in total. The lowest BCUT2D eigenvalue weighted by Crippen LogP contribution is -2.50. The van der Waals surface area contributed by atoms with Crippen molar-refractivity contribution in [2.75, 3.05) is 19.7 Å². The number of hydrogen-bond acceptors (Lipinski definition) is 4. The Hall–Kier alpha value is -2.69. The third-order valence-corrected chi connectivity index (χ3v) is 10.9. The number of nitrogens with zero attached hydrogens (tertiary/aromatic N) is 1. The highest BCUT2D eigenvalue weighted by atomic mass is 16.5. The summed E-state index contributed by atoms with van der Waals surface area (Å²) in [6.07, 6.45) is 14.0. The number of Topliss-reactive ketones (excluding diaryl/α,β-unsaturated/α-hetero) is 1. The Bertz CT molecular complexity index is 1190. The molecule has 1 aromatic carbocycles. The molecule has 5 atom stereocenters. The molecule has 4 aliphatic carbocycles. The van der Waals surface area contributed by atoms with Crippen molar-refractivity contribution in [2.45, 2.75) is 78.1 Å². The van der Waals surface area contributed by atoms with Crippen molar-refractivity contribution in [3.63, 3.8) is 0 Å². The average Bonchev–Trinajstić information content (AvgIpc) is 3.18. The minimum Gasteiger partial charge on any atom is -0.484 e. The molecule has 5 nitrogen and oxygen atoms in total. The summed E-state index contributed by atoms with van der Waals surface area (Å²) in [7, 11) is 0. The Kier molecular flexibility index (Phi) is 6.60. The van der Waals surface area contributed by atoms with E-state index in [0.717, 1.165) is 75.6 Å². The van der Waals surface area contributed by atoms with Crippen LogP contribution in [0.15, 0.2) is 41.5 Å². The van der Waals surface area contributed by atoms with Crippen molar-refractivity contribution >= 4 is 23.5 Å². The lowest BCUT2D eigenvalue weighted by Gasteiger charge is -2.56. The van der Waals surface area contributed by atoms with Crippen LogP contribution in [-0.2, 0) is 14.4 Å². The number of piperidine rings is 1. The van der Waals surface area contributed by atoms with Gasteiger partial charge >= 0.3 is 0 Å². The van der Waals surface area contributed by atoms with E-state index < -0.39 is 0 Å². The number of carbonyl (C=O) groups is 3. The first kappa shape index (κ1) is 25.6. The molecule has 0 bridgehead atoms. The van der Waals surface area contributed by atoms with Crippen LogP contribution in [0.4, 0.5) is 0 Å². The number of carbonyl (C=O) groups excluding carboxylic acids is 3. The van der Waals surface area contributed by atoms with Gasteiger partial charge in [-0.1, -0.05) is 31.6 Å². The van der Waals surface area contributed by atoms with Gasteiger partial charge in [0.25, 0.3) is 5.91 Å². The first-order chi connectivity index (χ1) is 18.3. The zero-order valence-corrected chi connectivity index (χ0v) is 23.0. The molecule has 0 radical (unpaired) electrons.